The van der Waals surface area contributed by atoms with Crippen LogP contribution in [0.1, 0.15) is 17.3 Å². The molecule has 0 aliphatic rings. The number of nitrogens with one attached hydrogen (secondary N) is 2. The van der Waals surface area contributed by atoms with Gasteiger partial charge in [-0.15, -0.1) is 5.10 Å². The molecule has 0 atom stereocenters. The Kier molecular flexibility index (Phi) is 5.37. The standard InChI is InChI=1S/C13H13N5O5S/c1-2-23-11(19)9-5-3-4-6-10(9)24(21,22)18-13(20)16-12-14-7-8-15-17-12/h3-8H,2H2,1H3,(H2,14,16,17,18,20). The van der Waals surface area contributed by atoms with Crippen LogP contribution in [0.2, 0.25) is 0 Å². The van der Waals surface area contributed by atoms with Crippen LogP contribution in [-0.2, 0) is 14.8 Å². The number of ether oxygens (including phenoxy) is 1. The number of carbonyl (C=O) groups excluding carboxylic acids is 2. The highest BCUT2D eigenvalue weighted by Crippen LogP contribution is 2.16. The van der Waals surface area contributed by atoms with Gasteiger partial charge in [-0.3, -0.25) is 5.32 Å². The highest BCUT2D eigenvalue weighted by molar-refractivity contribution is 7.90. The number of carbonyl (C=O) groups is 2. The van der Waals surface area contributed by atoms with Gasteiger partial charge in [0.15, 0.2) is 0 Å². The Morgan fingerprint density at radius 3 is 2.62 bits per heavy atom. The van der Waals surface area contributed by atoms with Gasteiger partial charge in [-0.05, 0) is 19.1 Å². The largest absolute Gasteiger partial charge is 0.462 e. The molecule has 0 aliphatic heterocycles. The molecule has 1 aromatic carbocycles. The molecule has 0 saturated carbocycles. The number of benzene rings is 1. The topological polar surface area (TPSA) is 140 Å². The molecular weight excluding hydrogens is 338 g/mol. The van der Waals surface area contributed by atoms with Crippen molar-refractivity contribution in [2.45, 2.75) is 11.8 Å². The Morgan fingerprint density at radius 1 is 1.21 bits per heavy atom. The van der Waals surface area contributed by atoms with E-state index in [0.29, 0.717) is 0 Å². The molecule has 0 unspecified atom stereocenters. The number of hydrogen-bond donors (Lipinski definition) is 2. The van der Waals surface area contributed by atoms with E-state index in [0.717, 1.165) is 0 Å². The summed E-state index contributed by atoms with van der Waals surface area (Å²) in [6.07, 6.45) is 2.56. The normalized spacial score (nSPS) is 10.7. The summed E-state index contributed by atoms with van der Waals surface area (Å²) in [5.41, 5.74) is -0.183. The van der Waals surface area contributed by atoms with Crippen molar-refractivity contribution in [2.75, 3.05) is 11.9 Å². The average Bonchev–Trinajstić information content (AvgIpc) is 2.55. The maximum atomic E-state index is 12.3. The summed E-state index contributed by atoms with van der Waals surface area (Å²) in [5.74, 6) is -0.988. The lowest BCUT2D eigenvalue weighted by atomic mass is 10.2. The summed E-state index contributed by atoms with van der Waals surface area (Å²) in [4.78, 5) is 26.9. The third-order valence-electron chi connectivity index (χ3n) is 2.61. The Hall–Kier alpha value is -3.08. The Labute approximate surface area is 137 Å². The molecule has 11 heteroatoms. The van der Waals surface area contributed by atoms with Gasteiger partial charge in [0.05, 0.1) is 24.6 Å². The van der Waals surface area contributed by atoms with Crippen molar-refractivity contribution < 1.29 is 22.7 Å². The number of urea groups is 1. The van der Waals surface area contributed by atoms with Crippen LogP contribution in [0.15, 0.2) is 41.6 Å². The first kappa shape index (κ1) is 17.3. The van der Waals surface area contributed by atoms with E-state index >= 15 is 0 Å². The molecule has 2 aromatic rings. The Morgan fingerprint density at radius 2 is 1.96 bits per heavy atom. The van der Waals surface area contributed by atoms with Crippen LogP contribution in [0.3, 0.4) is 0 Å². The molecule has 2 amide bonds. The number of esters is 1. The maximum absolute atomic E-state index is 12.3. The fraction of sp³-hybridized carbons (Fsp3) is 0.154. The van der Waals surface area contributed by atoms with Crippen molar-refractivity contribution in [3.8, 4) is 0 Å². The van der Waals surface area contributed by atoms with Gasteiger partial charge in [0.25, 0.3) is 16.0 Å². The molecule has 1 aromatic heterocycles. The highest BCUT2D eigenvalue weighted by atomic mass is 32.2. The number of anilines is 1. The molecule has 0 aliphatic carbocycles. The Bertz CT molecular complexity index is 841. The molecular formula is C13H13N5O5S. The first-order chi connectivity index (χ1) is 11.4. The third-order valence-corrected chi connectivity index (χ3v) is 4.00. The second-order valence-electron chi connectivity index (χ2n) is 4.24. The first-order valence-electron chi connectivity index (χ1n) is 6.67. The van der Waals surface area contributed by atoms with Crippen LogP contribution in [0.4, 0.5) is 10.7 Å². The maximum Gasteiger partial charge on any atom is 0.339 e. The minimum Gasteiger partial charge on any atom is -0.462 e. The minimum atomic E-state index is -4.31. The second kappa shape index (κ2) is 7.46. The smallest absolute Gasteiger partial charge is 0.339 e. The summed E-state index contributed by atoms with van der Waals surface area (Å²) in [6.45, 7) is 1.67. The van der Waals surface area contributed by atoms with Gasteiger partial charge < -0.3 is 4.74 Å². The number of nitrogens with zero attached hydrogens (tertiary/aromatic N) is 3. The molecule has 2 N–H and O–H groups in total. The molecule has 2 rings (SSSR count). The van der Waals surface area contributed by atoms with E-state index in [1.807, 2.05) is 0 Å². The summed E-state index contributed by atoms with van der Waals surface area (Å²) in [5, 5.41) is 9.09. The molecule has 0 saturated heterocycles. The van der Waals surface area contributed by atoms with Gasteiger partial charge >= 0.3 is 12.0 Å². The monoisotopic (exact) mass is 351 g/mol. The van der Waals surface area contributed by atoms with Gasteiger partial charge in [0.2, 0.25) is 0 Å². The quantitative estimate of drug-likeness (QED) is 0.745. The van der Waals surface area contributed by atoms with Crippen molar-refractivity contribution in [3.63, 3.8) is 0 Å². The van der Waals surface area contributed by atoms with E-state index in [1.54, 1.807) is 11.6 Å². The molecule has 0 fully saturated rings. The van der Waals surface area contributed by atoms with Gasteiger partial charge in [0, 0.05) is 0 Å². The van der Waals surface area contributed by atoms with Crippen LogP contribution >= 0.6 is 0 Å². The van der Waals surface area contributed by atoms with E-state index in [1.165, 1.54) is 36.7 Å². The molecule has 0 spiro atoms. The summed E-state index contributed by atoms with van der Waals surface area (Å²) < 4.78 is 31.2. The zero-order valence-electron chi connectivity index (χ0n) is 12.5. The van der Waals surface area contributed by atoms with E-state index < -0.39 is 22.0 Å². The van der Waals surface area contributed by atoms with E-state index in [2.05, 4.69) is 20.5 Å². The molecule has 0 bridgehead atoms. The van der Waals surface area contributed by atoms with Gasteiger partial charge in [0.1, 0.15) is 4.90 Å². The number of hydrogen-bond acceptors (Lipinski definition) is 8. The van der Waals surface area contributed by atoms with Crippen molar-refractivity contribution in [1.29, 1.82) is 0 Å². The molecule has 10 nitrogen and oxygen atoms in total. The van der Waals surface area contributed by atoms with Crippen molar-refractivity contribution >= 4 is 28.0 Å². The molecule has 0 radical (unpaired) electrons. The van der Waals surface area contributed by atoms with Crippen molar-refractivity contribution in [3.05, 3.63) is 42.2 Å². The number of rotatable bonds is 5. The van der Waals surface area contributed by atoms with Crippen LogP contribution < -0.4 is 10.0 Å². The van der Waals surface area contributed by atoms with Crippen molar-refractivity contribution in [1.82, 2.24) is 19.9 Å². The lowest BCUT2D eigenvalue weighted by Crippen LogP contribution is -2.35. The fourth-order valence-electron chi connectivity index (χ4n) is 1.69. The van der Waals surface area contributed by atoms with Gasteiger partial charge in [-0.25, -0.2) is 27.7 Å². The zero-order valence-corrected chi connectivity index (χ0v) is 13.3. The predicted molar refractivity (Wildman–Crippen MR) is 81.6 cm³/mol. The number of sulfonamides is 1. The molecule has 126 valence electrons. The summed E-state index contributed by atoms with van der Waals surface area (Å²) in [6, 6.07) is 4.27. The fourth-order valence-corrected chi connectivity index (χ4v) is 2.79. The van der Waals surface area contributed by atoms with Gasteiger partial charge in [-0.2, -0.15) is 5.10 Å². The predicted octanol–water partition coefficient (Wildman–Crippen LogP) is 0.559. The Balaban J connectivity index is 2.21. The van der Waals surface area contributed by atoms with E-state index in [9.17, 15) is 18.0 Å². The number of aromatic nitrogens is 3. The second-order valence-corrected chi connectivity index (χ2v) is 5.89. The van der Waals surface area contributed by atoms with Crippen molar-refractivity contribution in [2.24, 2.45) is 0 Å². The average molecular weight is 351 g/mol. The highest BCUT2D eigenvalue weighted by Gasteiger charge is 2.25. The lowest BCUT2D eigenvalue weighted by Gasteiger charge is -2.11. The summed E-state index contributed by atoms with van der Waals surface area (Å²) in [7, 11) is -4.31. The first-order valence-corrected chi connectivity index (χ1v) is 8.16. The van der Waals surface area contributed by atoms with Gasteiger partial charge in [-0.1, -0.05) is 12.1 Å². The van der Waals surface area contributed by atoms with Crippen LogP contribution in [0, 0.1) is 0 Å². The lowest BCUT2D eigenvalue weighted by molar-refractivity contribution is 0.0521. The minimum absolute atomic E-state index is 0.0828. The van der Waals surface area contributed by atoms with Crippen LogP contribution in [0.5, 0.6) is 0 Å². The third kappa shape index (κ3) is 4.23. The van der Waals surface area contributed by atoms with Crippen LogP contribution in [0.25, 0.3) is 0 Å². The summed E-state index contributed by atoms with van der Waals surface area (Å²) >= 11 is 0. The molecule has 1 heterocycles. The SMILES string of the molecule is CCOC(=O)c1ccccc1S(=O)(=O)NC(=O)Nc1nccnn1. The molecule has 24 heavy (non-hydrogen) atoms. The van der Waals surface area contributed by atoms with Crippen LogP contribution in [-0.4, -0.2) is 42.2 Å². The number of amides is 2. The zero-order chi connectivity index (χ0) is 17.6. The van der Waals surface area contributed by atoms with E-state index in [-0.39, 0.29) is 23.0 Å². The van der Waals surface area contributed by atoms with E-state index in [4.69, 9.17) is 4.74 Å².